The van der Waals surface area contributed by atoms with Crippen molar-refractivity contribution in [3.63, 3.8) is 0 Å². The van der Waals surface area contributed by atoms with Gasteiger partial charge in [-0.1, -0.05) is 0 Å². The number of benzene rings is 1. The molecule has 134 valence electrons. The minimum atomic E-state index is -0.906. The highest BCUT2D eigenvalue weighted by Gasteiger charge is 2.36. The van der Waals surface area contributed by atoms with Crippen LogP contribution in [0.5, 0.6) is 17.2 Å². The summed E-state index contributed by atoms with van der Waals surface area (Å²) >= 11 is 0. The van der Waals surface area contributed by atoms with Crippen LogP contribution in [0.1, 0.15) is 18.5 Å². The molecule has 1 aromatic carbocycles. The lowest BCUT2D eigenvalue weighted by molar-refractivity contribution is -0.145. The van der Waals surface area contributed by atoms with Crippen LogP contribution in [0.3, 0.4) is 0 Å². The zero-order chi connectivity index (χ0) is 17.9. The molecule has 0 radical (unpaired) electrons. The second-order valence-corrected chi connectivity index (χ2v) is 6.04. The van der Waals surface area contributed by atoms with Gasteiger partial charge in [-0.25, -0.2) is 0 Å². The van der Waals surface area contributed by atoms with Gasteiger partial charge in [0.2, 0.25) is 0 Å². The van der Waals surface area contributed by atoms with Crippen molar-refractivity contribution in [3.05, 3.63) is 17.7 Å². The Morgan fingerprint density at radius 2 is 1.71 bits per heavy atom. The number of hydrogen-bond acceptors (Lipinski definition) is 6. The monoisotopic (exact) mass is 338 g/mol. The van der Waals surface area contributed by atoms with Gasteiger partial charge < -0.3 is 24.2 Å². The van der Waals surface area contributed by atoms with Crippen LogP contribution < -0.4 is 14.2 Å². The second-order valence-electron chi connectivity index (χ2n) is 6.04. The molecule has 1 N–H and O–H groups in total. The van der Waals surface area contributed by atoms with Crippen LogP contribution >= 0.6 is 0 Å². The number of rotatable bonds is 6. The number of carboxylic acids is 1. The highest BCUT2D eigenvalue weighted by Crippen LogP contribution is 2.40. The van der Waals surface area contributed by atoms with Crippen LogP contribution in [0.15, 0.2) is 12.1 Å². The lowest BCUT2D eigenvalue weighted by Gasteiger charge is -2.41. The lowest BCUT2D eigenvalue weighted by atomic mass is 10.00. The average molecular weight is 338 g/mol. The van der Waals surface area contributed by atoms with Gasteiger partial charge in [-0.05, 0) is 20.0 Å². The number of hydrogen-bond donors (Lipinski definition) is 1. The van der Waals surface area contributed by atoms with Gasteiger partial charge in [0.25, 0.3) is 0 Å². The molecule has 2 unspecified atom stereocenters. The number of carbonyl (C=O) groups is 1. The molecule has 2 atom stereocenters. The van der Waals surface area contributed by atoms with Gasteiger partial charge in [-0.3, -0.25) is 9.69 Å². The Labute approximate surface area is 142 Å². The van der Waals surface area contributed by atoms with E-state index in [0.717, 1.165) is 13.1 Å². The first-order chi connectivity index (χ1) is 11.4. The van der Waals surface area contributed by atoms with Crippen molar-refractivity contribution in [1.29, 1.82) is 0 Å². The van der Waals surface area contributed by atoms with Crippen molar-refractivity contribution in [1.82, 2.24) is 9.80 Å². The van der Waals surface area contributed by atoms with Crippen molar-refractivity contribution < 1.29 is 24.1 Å². The van der Waals surface area contributed by atoms with E-state index < -0.39 is 12.0 Å². The van der Waals surface area contributed by atoms with E-state index in [1.807, 2.05) is 18.9 Å². The summed E-state index contributed by atoms with van der Waals surface area (Å²) in [6, 6.07) is 2.68. The number of carboxylic acid groups (broad SMARTS) is 1. The molecule has 1 saturated heterocycles. The fraction of sp³-hybridized carbons (Fsp3) is 0.588. The van der Waals surface area contributed by atoms with Crippen molar-refractivity contribution >= 4 is 5.97 Å². The summed E-state index contributed by atoms with van der Waals surface area (Å²) in [6.45, 7) is 4.36. The maximum atomic E-state index is 12.1. The molecule has 0 saturated carbocycles. The zero-order valence-electron chi connectivity index (χ0n) is 14.9. The first kappa shape index (κ1) is 18.4. The van der Waals surface area contributed by atoms with Gasteiger partial charge in [0.1, 0.15) is 11.8 Å². The van der Waals surface area contributed by atoms with Gasteiger partial charge in [0, 0.05) is 37.3 Å². The highest BCUT2D eigenvalue weighted by atomic mass is 16.5. The molecule has 1 aliphatic rings. The van der Waals surface area contributed by atoms with E-state index in [2.05, 4.69) is 4.90 Å². The van der Waals surface area contributed by atoms with Gasteiger partial charge in [0.05, 0.1) is 21.3 Å². The molecule has 0 aliphatic carbocycles. The Balaban J connectivity index is 2.49. The number of methoxy groups -OCH3 is 3. The molecule has 0 aromatic heterocycles. The van der Waals surface area contributed by atoms with Crippen LogP contribution in [-0.2, 0) is 4.79 Å². The first-order valence-corrected chi connectivity index (χ1v) is 7.89. The molecular formula is C17H26N2O5. The van der Waals surface area contributed by atoms with Crippen molar-refractivity contribution in [2.24, 2.45) is 0 Å². The number of ether oxygens (including phenoxy) is 3. The fourth-order valence-electron chi connectivity index (χ4n) is 3.26. The normalized spacial score (nSPS) is 20.5. The Morgan fingerprint density at radius 1 is 1.12 bits per heavy atom. The van der Waals surface area contributed by atoms with Gasteiger partial charge in [0.15, 0.2) is 11.5 Å². The summed E-state index contributed by atoms with van der Waals surface area (Å²) in [5.41, 5.74) is 0.569. The standard InChI is InChI=1S/C17H26N2O5/c1-11-10-18(2)6-7-19(11)16(17(20)21)12-8-14(23-4)15(24-5)9-13(12)22-3/h8-9,11,16H,6-7,10H2,1-5H3,(H,20,21). The molecule has 0 spiro atoms. The molecule has 7 nitrogen and oxygen atoms in total. The molecule has 1 heterocycles. The third-order valence-electron chi connectivity index (χ3n) is 4.48. The van der Waals surface area contributed by atoms with Crippen LogP contribution in [-0.4, -0.2) is 74.9 Å². The minimum Gasteiger partial charge on any atom is -0.496 e. The Kier molecular flexibility index (Phi) is 5.90. The average Bonchev–Trinajstić information content (AvgIpc) is 2.56. The maximum absolute atomic E-state index is 12.1. The summed E-state index contributed by atoms with van der Waals surface area (Å²) in [5, 5.41) is 9.89. The summed E-state index contributed by atoms with van der Waals surface area (Å²) in [4.78, 5) is 16.3. The van der Waals surface area contributed by atoms with Crippen molar-refractivity contribution in [2.45, 2.75) is 19.0 Å². The SMILES string of the molecule is COc1cc(OC)c(C(C(=O)O)N2CCN(C)CC2C)cc1OC. The zero-order valence-corrected chi connectivity index (χ0v) is 14.9. The van der Waals surface area contributed by atoms with E-state index in [4.69, 9.17) is 14.2 Å². The third-order valence-corrected chi connectivity index (χ3v) is 4.48. The van der Waals surface area contributed by atoms with E-state index in [1.165, 1.54) is 21.3 Å². The molecular weight excluding hydrogens is 312 g/mol. The summed E-state index contributed by atoms with van der Waals surface area (Å²) in [6.07, 6.45) is 0. The molecule has 2 rings (SSSR count). The van der Waals surface area contributed by atoms with Gasteiger partial charge >= 0.3 is 5.97 Å². The van der Waals surface area contributed by atoms with E-state index in [-0.39, 0.29) is 6.04 Å². The predicted octanol–water partition coefficient (Wildman–Crippen LogP) is 1.47. The van der Waals surface area contributed by atoms with Crippen LogP contribution in [0, 0.1) is 0 Å². The van der Waals surface area contributed by atoms with E-state index in [0.29, 0.717) is 29.4 Å². The highest BCUT2D eigenvalue weighted by molar-refractivity contribution is 5.77. The predicted molar refractivity (Wildman–Crippen MR) is 90.1 cm³/mol. The summed E-state index contributed by atoms with van der Waals surface area (Å²) in [5.74, 6) is 0.568. The second kappa shape index (κ2) is 7.72. The molecule has 1 fully saturated rings. The largest absolute Gasteiger partial charge is 0.496 e. The number of likely N-dealkylation sites (N-methyl/N-ethyl adjacent to an activating group) is 1. The minimum absolute atomic E-state index is 0.114. The molecule has 0 amide bonds. The lowest BCUT2D eigenvalue weighted by Crippen LogP contribution is -2.53. The van der Waals surface area contributed by atoms with E-state index in [1.54, 1.807) is 12.1 Å². The Bertz CT molecular complexity index is 593. The maximum Gasteiger partial charge on any atom is 0.325 e. The van der Waals surface area contributed by atoms with Crippen LogP contribution in [0.2, 0.25) is 0 Å². The van der Waals surface area contributed by atoms with Gasteiger partial charge in [-0.2, -0.15) is 0 Å². The van der Waals surface area contributed by atoms with Gasteiger partial charge in [-0.15, -0.1) is 0 Å². The smallest absolute Gasteiger partial charge is 0.325 e. The first-order valence-electron chi connectivity index (χ1n) is 7.89. The molecule has 1 aliphatic heterocycles. The number of nitrogens with zero attached hydrogens (tertiary/aromatic N) is 2. The van der Waals surface area contributed by atoms with E-state index >= 15 is 0 Å². The van der Waals surface area contributed by atoms with Crippen LogP contribution in [0.4, 0.5) is 0 Å². The summed E-state index contributed by atoms with van der Waals surface area (Å²) < 4.78 is 16.0. The Morgan fingerprint density at radius 3 is 2.21 bits per heavy atom. The Hall–Kier alpha value is -1.99. The topological polar surface area (TPSA) is 71.5 Å². The quantitative estimate of drug-likeness (QED) is 0.842. The molecule has 7 heteroatoms. The fourth-order valence-corrected chi connectivity index (χ4v) is 3.26. The third kappa shape index (κ3) is 3.57. The molecule has 1 aromatic rings. The number of piperazine rings is 1. The van der Waals surface area contributed by atoms with E-state index in [9.17, 15) is 9.90 Å². The number of aliphatic carboxylic acids is 1. The molecule has 24 heavy (non-hydrogen) atoms. The summed E-state index contributed by atoms with van der Waals surface area (Å²) in [7, 11) is 6.63. The van der Waals surface area contributed by atoms with Crippen molar-refractivity contribution in [3.8, 4) is 17.2 Å². The van der Waals surface area contributed by atoms with Crippen molar-refractivity contribution in [2.75, 3.05) is 48.0 Å². The molecule has 0 bridgehead atoms. The van der Waals surface area contributed by atoms with Crippen LogP contribution in [0.25, 0.3) is 0 Å².